The lowest BCUT2D eigenvalue weighted by molar-refractivity contribution is -0.286. The Kier molecular flexibility index (Phi) is 10.9. The van der Waals surface area contributed by atoms with Gasteiger partial charge in [0, 0.05) is 6.16 Å². The number of anilines is 1. The summed E-state index contributed by atoms with van der Waals surface area (Å²) in [6, 6.07) is 8.30. The molecule has 22 heteroatoms. The fraction of sp³-hybridized carbons (Fsp3) is 0.542. The average molecular weight is 693 g/mol. The number of nitrogen functional groups attached to an aromatic ring is 1. The predicted octanol–water partition coefficient (Wildman–Crippen LogP) is -2.17. The molecule has 0 bridgehead atoms. The van der Waals surface area contributed by atoms with Crippen LogP contribution in [0.15, 0.2) is 41.5 Å². The summed E-state index contributed by atoms with van der Waals surface area (Å²) in [5.41, 5.74) is 4.76. The van der Waals surface area contributed by atoms with E-state index in [0.29, 0.717) is 5.75 Å². The van der Waals surface area contributed by atoms with Gasteiger partial charge < -0.3 is 55.1 Å². The summed E-state index contributed by atoms with van der Waals surface area (Å²) in [7, 11) is -8.31. The van der Waals surface area contributed by atoms with Crippen LogP contribution in [0, 0.1) is 0 Å². The third kappa shape index (κ3) is 7.66. The first-order valence-electron chi connectivity index (χ1n) is 13.8. The van der Waals surface area contributed by atoms with Gasteiger partial charge in [-0.1, -0.05) is 18.2 Å². The van der Waals surface area contributed by atoms with Gasteiger partial charge in [-0.25, -0.2) is 13.9 Å². The van der Waals surface area contributed by atoms with E-state index >= 15 is 0 Å². The largest absolute Gasteiger partial charge is 0.477 e. The number of nitrogens with one attached hydrogen (secondary N) is 1. The number of phosphoric ester groups is 1. The van der Waals surface area contributed by atoms with Gasteiger partial charge in [-0.2, -0.15) is 4.98 Å². The first-order valence-corrected chi connectivity index (χ1v) is 16.8. The van der Waals surface area contributed by atoms with Crippen molar-refractivity contribution in [3.63, 3.8) is 0 Å². The number of H-pyrrole nitrogens is 1. The number of aliphatic hydroxyl groups is 5. The molecule has 0 amide bonds. The van der Waals surface area contributed by atoms with E-state index in [0.717, 1.165) is 10.9 Å². The Balaban J connectivity index is 1.13. The number of aliphatic hydroxyl groups excluding tert-OH is 5. The highest BCUT2D eigenvalue weighted by atomic mass is 31.2. The number of aromatic nitrogens is 4. The molecule has 254 valence electrons. The van der Waals surface area contributed by atoms with Crippen LogP contribution in [0.4, 0.5) is 5.95 Å². The van der Waals surface area contributed by atoms with Gasteiger partial charge in [0.1, 0.15) is 48.5 Å². The molecule has 1 aromatic carbocycles. The maximum Gasteiger partial charge on any atom is 0.477 e. The van der Waals surface area contributed by atoms with Crippen molar-refractivity contribution in [2.24, 2.45) is 0 Å². The lowest BCUT2D eigenvalue weighted by Gasteiger charge is -2.41. The van der Waals surface area contributed by atoms with E-state index in [1.807, 2.05) is 0 Å². The van der Waals surface area contributed by atoms with Gasteiger partial charge in [0.2, 0.25) is 20.3 Å². The van der Waals surface area contributed by atoms with Crippen molar-refractivity contribution in [3.05, 3.63) is 47.0 Å². The molecule has 20 nitrogen and oxygen atoms in total. The minimum Gasteiger partial charge on any atom is -0.462 e. The molecule has 2 aromatic heterocycles. The van der Waals surface area contributed by atoms with Crippen molar-refractivity contribution >= 4 is 33.0 Å². The first kappa shape index (κ1) is 34.5. The van der Waals surface area contributed by atoms with Crippen molar-refractivity contribution in [3.8, 4) is 5.75 Å². The van der Waals surface area contributed by atoms with Gasteiger partial charge in [-0.05, 0) is 12.1 Å². The topological polar surface area (TPSA) is 300 Å². The van der Waals surface area contributed by atoms with E-state index in [4.69, 9.17) is 33.5 Å². The minimum absolute atomic E-state index is 0.0518. The first-order chi connectivity index (χ1) is 21.9. The molecule has 0 saturated carbocycles. The predicted molar refractivity (Wildman–Crippen MR) is 154 cm³/mol. The summed E-state index contributed by atoms with van der Waals surface area (Å²) in [4.78, 5) is 32.3. The molecule has 2 saturated heterocycles. The van der Waals surface area contributed by atoms with Gasteiger partial charge in [-0.3, -0.25) is 23.4 Å². The number of ether oxygens (including phenoxy) is 4. The number of hydrogen-bond donors (Lipinski definition) is 8. The number of imidazole rings is 1. The summed E-state index contributed by atoms with van der Waals surface area (Å²) in [6.45, 7) is -1.82. The van der Waals surface area contributed by atoms with Crippen LogP contribution in [0.1, 0.15) is 6.23 Å². The Bertz CT molecular complexity index is 1610. The Morgan fingerprint density at radius 1 is 1.07 bits per heavy atom. The second-order valence-corrected chi connectivity index (χ2v) is 13.4. The van der Waals surface area contributed by atoms with Gasteiger partial charge in [0.25, 0.3) is 5.56 Å². The molecule has 0 aliphatic carbocycles. The summed E-state index contributed by atoms with van der Waals surface area (Å²) in [5.74, 6) is 0.101. The molecule has 5 rings (SSSR count). The van der Waals surface area contributed by atoms with E-state index in [9.17, 15) is 44.4 Å². The van der Waals surface area contributed by atoms with Crippen molar-refractivity contribution in [1.82, 2.24) is 19.5 Å². The maximum atomic E-state index is 12.5. The number of para-hydroxylation sites is 1. The number of aromatic amines is 1. The van der Waals surface area contributed by atoms with Crippen molar-refractivity contribution in [2.75, 3.05) is 31.7 Å². The van der Waals surface area contributed by atoms with Crippen molar-refractivity contribution in [2.45, 2.75) is 55.2 Å². The Morgan fingerprint density at radius 2 is 1.78 bits per heavy atom. The normalized spacial score (nSPS) is 31.9. The fourth-order valence-corrected chi connectivity index (χ4v) is 7.06. The number of nitrogens with two attached hydrogens (primary N) is 1. The number of nitrogens with zero attached hydrogens (tertiary/aromatic N) is 3. The standard InChI is InChI=1S/C24H33N5O15P2/c25-24-27-20-14(21(35)28-24)26-10-29(20)22-18(34)16(32)13(42-22)9-40-46(37,38)44-45(36)7-6-39-19-17(33)15(31)12(8-30)43-23(19)41-11-4-2-1-3-5-11/h1-5,10,12-13,15-19,22-23,30-34,45H,6-9H2,(H,37,38)(H3,25,27,28,35)/t12?,13-,15+,16-,17?,18?,19?,22-,23-/m1/s1. The molecule has 3 aromatic rings. The zero-order valence-corrected chi connectivity index (χ0v) is 25.6. The summed E-state index contributed by atoms with van der Waals surface area (Å²) in [6.07, 6.45) is -12.2. The number of benzene rings is 1. The van der Waals surface area contributed by atoms with Crippen LogP contribution in [-0.2, 0) is 32.2 Å². The number of rotatable bonds is 13. The number of hydrogen-bond acceptors (Lipinski definition) is 17. The highest BCUT2D eigenvalue weighted by molar-refractivity contribution is 7.57. The van der Waals surface area contributed by atoms with E-state index in [2.05, 4.69) is 15.0 Å². The van der Waals surface area contributed by atoms with Crippen molar-refractivity contribution < 1.29 is 67.3 Å². The quantitative estimate of drug-likeness (QED) is 0.0884. The Labute approximate surface area is 259 Å². The van der Waals surface area contributed by atoms with Crippen LogP contribution >= 0.6 is 15.9 Å². The molecule has 0 radical (unpaired) electrons. The third-order valence-electron chi connectivity index (χ3n) is 7.12. The van der Waals surface area contributed by atoms with Crippen LogP contribution in [-0.4, -0.2) is 125 Å². The molecule has 4 heterocycles. The van der Waals surface area contributed by atoms with Crippen LogP contribution in [0.5, 0.6) is 5.75 Å². The molecule has 6 unspecified atom stereocenters. The highest BCUT2D eigenvalue weighted by Gasteiger charge is 2.47. The van der Waals surface area contributed by atoms with Gasteiger partial charge in [0.05, 0.1) is 26.1 Å². The summed E-state index contributed by atoms with van der Waals surface area (Å²) >= 11 is 0. The lowest BCUT2D eigenvalue weighted by Crippen LogP contribution is -2.61. The maximum absolute atomic E-state index is 12.5. The third-order valence-corrected chi connectivity index (χ3v) is 9.94. The van der Waals surface area contributed by atoms with Gasteiger partial charge >= 0.3 is 7.82 Å². The summed E-state index contributed by atoms with van der Waals surface area (Å²) < 4.78 is 58.1. The Morgan fingerprint density at radius 3 is 2.50 bits per heavy atom. The molecule has 11 atom stereocenters. The molecule has 2 aliphatic heterocycles. The van der Waals surface area contributed by atoms with E-state index in [1.165, 1.54) is 0 Å². The minimum atomic E-state index is -5.00. The molecule has 9 N–H and O–H groups in total. The number of fused-ring (bicyclic) bond motifs is 1. The zero-order valence-electron chi connectivity index (χ0n) is 23.7. The van der Waals surface area contributed by atoms with Crippen LogP contribution < -0.4 is 16.0 Å². The van der Waals surface area contributed by atoms with E-state index in [1.54, 1.807) is 30.3 Å². The van der Waals surface area contributed by atoms with Crippen LogP contribution in [0.3, 0.4) is 0 Å². The summed E-state index contributed by atoms with van der Waals surface area (Å²) in [5, 5.41) is 51.3. The molecular weight excluding hydrogens is 660 g/mol. The van der Waals surface area contributed by atoms with Gasteiger partial charge in [-0.15, -0.1) is 0 Å². The Hall–Kier alpha value is -2.81. The second kappa shape index (κ2) is 14.5. The molecule has 0 spiro atoms. The lowest BCUT2D eigenvalue weighted by atomic mass is 9.99. The smallest absolute Gasteiger partial charge is 0.462 e. The number of phosphoric acid groups is 1. The molecular formula is C24H33N5O15P2. The molecule has 46 heavy (non-hydrogen) atoms. The van der Waals surface area contributed by atoms with Gasteiger partial charge in [0.15, 0.2) is 17.4 Å². The monoisotopic (exact) mass is 693 g/mol. The molecule has 2 aliphatic rings. The van der Waals surface area contributed by atoms with Crippen LogP contribution in [0.25, 0.3) is 11.2 Å². The zero-order chi connectivity index (χ0) is 33.2. The highest BCUT2D eigenvalue weighted by Crippen LogP contribution is 2.52. The van der Waals surface area contributed by atoms with Crippen LogP contribution in [0.2, 0.25) is 0 Å². The fourth-order valence-electron chi connectivity index (χ4n) is 4.83. The van der Waals surface area contributed by atoms with E-state index in [-0.39, 0.29) is 17.1 Å². The second-order valence-electron chi connectivity index (χ2n) is 10.3. The SMILES string of the molecule is Nc1nc2c(ncn2[C@@H]2O[C@H](COP(=O)(O)O[PH](=O)CCOC3C(O)[C@@H](O)C(CO)O[C@H]3Oc3ccccc3)[C@@H](O)C2O)c(=O)[nH]1. The van der Waals surface area contributed by atoms with E-state index < -0.39 is 103 Å². The molecule has 2 fully saturated rings. The van der Waals surface area contributed by atoms with Crippen molar-refractivity contribution in [1.29, 1.82) is 0 Å². The average Bonchev–Trinajstić information content (AvgIpc) is 3.55.